The van der Waals surface area contributed by atoms with E-state index < -0.39 is 12.1 Å². The molecular formula is C20H20N4O3. The number of rotatable bonds is 4. The Morgan fingerprint density at radius 1 is 1.07 bits per heavy atom. The molecule has 0 bridgehead atoms. The summed E-state index contributed by atoms with van der Waals surface area (Å²) in [7, 11) is 3.13. The monoisotopic (exact) mass is 364 g/mol. The minimum absolute atomic E-state index is 0.291. The molecule has 0 saturated carbocycles. The lowest BCUT2D eigenvalue weighted by molar-refractivity contribution is -0.140. The predicted octanol–water partition coefficient (Wildman–Crippen LogP) is 2.04. The minimum Gasteiger partial charge on any atom is -0.454 e. The van der Waals surface area contributed by atoms with Crippen molar-refractivity contribution in [2.24, 2.45) is 5.92 Å². The molecule has 3 heterocycles. The van der Waals surface area contributed by atoms with Crippen LogP contribution in [0.25, 0.3) is 5.57 Å². The van der Waals surface area contributed by atoms with Gasteiger partial charge in [-0.15, -0.1) is 0 Å². The number of urea groups is 1. The molecule has 2 aliphatic heterocycles. The Labute approximate surface area is 157 Å². The zero-order chi connectivity index (χ0) is 19.0. The summed E-state index contributed by atoms with van der Waals surface area (Å²) in [5.41, 5.74) is 2.41. The summed E-state index contributed by atoms with van der Waals surface area (Å²) in [5.74, 6) is -0.429. The molecule has 2 unspecified atom stereocenters. The van der Waals surface area contributed by atoms with E-state index in [1.807, 2.05) is 48.5 Å². The molecule has 2 aliphatic rings. The number of fused-ring (bicyclic) bond motifs is 1. The van der Waals surface area contributed by atoms with Crippen LogP contribution in [0.2, 0.25) is 0 Å². The van der Waals surface area contributed by atoms with Crippen LogP contribution in [0, 0.1) is 5.92 Å². The molecule has 1 fully saturated rings. The SMILES string of the molecule is CN1C(=O)C2C(c3ccccn3)=C(NCc3ccccc3)OC2N(C)C1=O. The van der Waals surface area contributed by atoms with Crippen LogP contribution in [0.4, 0.5) is 4.79 Å². The first-order chi connectivity index (χ1) is 13.1. The lowest BCUT2D eigenvalue weighted by Crippen LogP contribution is -2.58. The highest BCUT2D eigenvalue weighted by atomic mass is 16.5. The molecule has 2 aromatic rings. The summed E-state index contributed by atoms with van der Waals surface area (Å²) in [4.78, 5) is 32.2. The average molecular weight is 364 g/mol. The summed E-state index contributed by atoms with van der Waals surface area (Å²) >= 11 is 0. The second-order valence-electron chi connectivity index (χ2n) is 6.57. The highest BCUT2D eigenvalue weighted by Crippen LogP contribution is 2.41. The molecule has 1 aromatic heterocycles. The molecule has 27 heavy (non-hydrogen) atoms. The largest absolute Gasteiger partial charge is 0.454 e. The fraction of sp³-hybridized carbons (Fsp3) is 0.250. The molecule has 4 rings (SSSR count). The maximum Gasteiger partial charge on any atom is 0.329 e. The van der Waals surface area contributed by atoms with E-state index in [9.17, 15) is 9.59 Å². The van der Waals surface area contributed by atoms with E-state index in [2.05, 4.69) is 10.3 Å². The van der Waals surface area contributed by atoms with Gasteiger partial charge in [-0.25, -0.2) is 4.79 Å². The van der Waals surface area contributed by atoms with Crippen molar-refractivity contribution in [3.05, 3.63) is 71.9 Å². The lowest BCUT2D eigenvalue weighted by atomic mass is 9.92. The fourth-order valence-corrected chi connectivity index (χ4v) is 3.45. The Morgan fingerprint density at radius 2 is 1.81 bits per heavy atom. The van der Waals surface area contributed by atoms with Gasteiger partial charge in [0.15, 0.2) is 12.1 Å². The molecule has 1 N–H and O–H groups in total. The van der Waals surface area contributed by atoms with Gasteiger partial charge in [0.2, 0.25) is 5.91 Å². The topological polar surface area (TPSA) is 74.8 Å². The van der Waals surface area contributed by atoms with Crippen molar-refractivity contribution in [2.45, 2.75) is 12.8 Å². The van der Waals surface area contributed by atoms with Crippen LogP contribution >= 0.6 is 0 Å². The molecular weight excluding hydrogens is 344 g/mol. The van der Waals surface area contributed by atoms with E-state index in [0.29, 0.717) is 23.7 Å². The molecule has 0 spiro atoms. The Hall–Kier alpha value is -3.35. The maximum atomic E-state index is 12.9. The highest BCUT2D eigenvalue weighted by Gasteiger charge is 2.52. The van der Waals surface area contributed by atoms with Gasteiger partial charge in [-0.1, -0.05) is 36.4 Å². The van der Waals surface area contributed by atoms with Gasteiger partial charge in [0, 0.05) is 26.8 Å². The van der Waals surface area contributed by atoms with E-state index >= 15 is 0 Å². The van der Waals surface area contributed by atoms with Crippen LogP contribution in [-0.4, -0.2) is 47.0 Å². The number of aromatic nitrogens is 1. The van der Waals surface area contributed by atoms with Crippen LogP contribution in [-0.2, 0) is 16.1 Å². The lowest BCUT2D eigenvalue weighted by Gasteiger charge is -2.37. The highest BCUT2D eigenvalue weighted by molar-refractivity contribution is 6.04. The van der Waals surface area contributed by atoms with Gasteiger partial charge in [-0.2, -0.15) is 0 Å². The summed E-state index contributed by atoms with van der Waals surface area (Å²) in [6.07, 6.45) is 0.993. The molecule has 1 aromatic carbocycles. The van der Waals surface area contributed by atoms with Crippen molar-refractivity contribution in [1.29, 1.82) is 0 Å². The Morgan fingerprint density at radius 3 is 2.52 bits per heavy atom. The van der Waals surface area contributed by atoms with Gasteiger partial charge in [0.25, 0.3) is 0 Å². The Bertz CT molecular complexity index is 898. The molecule has 3 amide bonds. The molecule has 0 radical (unpaired) electrons. The zero-order valence-corrected chi connectivity index (χ0v) is 15.1. The van der Waals surface area contributed by atoms with E-state index in [4.69, 9.17) is 4.74 Å². The number of nitrogens with zero attached hydrogens (tertiary/aromatic N) is 3. The summed E-state index contributed by atoms with van der Waals surface area (Å²) in [6.45, 7) is 0.535. The standard InChI is InChI=1S/C20H20N4O3/c1-23-18(25)16-15(14-10-6-7-11-21-14)17(27-19(16)24(2)20(23)26)22-12-13-8-4-3-5-9-13/h3-11,16,19,22H,12H2,1-2H3. The molecule has 2 atom stereocenters. The number of pyridine rings is 1. The zero-order valence-electron chi connectivity index (χ0n) is 15.1. The Kier molecular flexibility index (Phi) is 4.27. The first kappa shape index (κ1) is 17.1. The maximum absolute atomic E-state index is 12.9. The van der Waals surface area contributed by atoms with Crippen LogP contribution < -0.4 is 5.32 Å². The number of imide groups is 1. The van der Waals surface area contributed by atoms with Crippen LogP contribution in [0.15, 0.2) is 60.6 Å². The predicted molar refractivity (Wildman–Crippen MR) is 98.7 cm³/mol. The van der Waals surface area contributed by atoms with Crippen molar-refractivity contribution in [3.8, 4) is 0 Å². The first-order valence-electron chi connectivity index (χ1n) is 8.72. The second-order valence-corrected chi connectivity index (χ2v) is 6.57. The van der Waals surface area contributed by atoms with Crippen molar-refractivity contribution >= 4 is 17.5 Å². The van der Waals surface area contributed by atoms with E-state index in [1.165, 1.54) is 11.9 Å². The first-order valence-corrected chi connectivity index (χ1v) is 8.72. The summed E-state index contributed by atoms with van der Waals surface area (Å²) in [6, 6.07) is 15.0. The number of carbonyl (C=O) groups is 2. The number of hydrogen-bond donors (Lipinski definition) is 1. The van der Waals surface area contributed by atoms with E-state index in [-0.39, 0.29) is 11.9 Å². The molecule has 1 saturated heterocycles. The number of ether oxygens (including phenoxy) is 1. The van der Waals surface area contributed by atoms with Crippen LogP contribution in [0.3, 0.4) is 0 Å². The fourth-order valence-electron chi connectivity index (χ4n) is 3.45. The van der Waals surface area contributed by atoms with E-state index in [1.54, 1.807) is 13.2 Å². The minimum atomic E-state index is -0.684. The molecule has 7 heteroatoms. The molecule has 7 nitrogen and oxygen atoms in total. The van der Waals surface area contributed by atoms with Gasteiger partial charge in [0.1, 0.15) is 5.92 Å². The quantitative estimate of drug-likeness (QED) is 0.899. The van der Waals surface area contributed by atoms with Gasteiger partial charge in [-0.3, -0.25) is 19.6 Å². The van der Waals surface area contributed by atoms with Crippen molar-refractivity contribution < 1.29 is 14.3 Å². The third-order valence-corrected chi connectivity index (χ3v) is 4.88. The van der Waals surface area contributed by atoms with Gasteiger partial charge in [0.05, 0.1) is 11.3 Å². The van der Waals surface area contributed by atoms with Gasteiger partial charge >= 0.3 is 6.03 Å². The van der Waals surface area contributed by atoms with Crippen molar-refractivity contribution in [2.75, 3.05) is 14.1 Å². The van der Waals surface area contributed by atoms with E-state index in [0.717, 1.165) is 10.5 Å². The number of nitrogens with one attached hydrogen (secondary N) is 1. The van der Waals surface area contributed by atoms with Crippen molar-refractivity contribution in [1.82, 2.24) is 20.1 Å². The number of carbonyl (C=O) groups excluding carboxylic acids is 2. The van der Waals surface area contributed by atoms with Crippen molar-refractivity contribution in [3.63, 3.8) is 0 Å². The molecule has 138 valence electrons. The number of benzene rings is 1. The van der Waals surface area contributed by atoms with Crippen LogP contribution in [0.1, 0.15) is 11.3 Å². The summed E-state index contributed by atoms with van der Waals surface area (Å²) in [5, 5.41) is 3.28. The third-order valence-electron chi connectivity index (χ3n) is 4.88. The molecule has 0 aliphatic carbocycles. The van der Waals surface area contributed by atoms with Gasteiger partial charge in [-0.05, 0) is 17.7 Å². The smallest absolute Gasteiger partial charge is 0.329 e. The van der Waals surface area contributed by atoms with Gasteiger partial charge < -0.3 is 10.1 Å². The number of amides is 3. The average Bonchev–Trinajstić information content (AvgIpc) is 3.10. The number of hydrogen-bond acceptors (Lipinski definition) is 5. The normalized spacial score (nSPS) is 22.0. The second kappa shape index (κ2) is 6.75. The summed E-state index contributed by atoms with van der Waals surface area (Å²) < 4.78 is 6.04. The third kappa shape index (κ3) is 2.91. The Balaban J connectivity index is 1.72. The van der Waals surface area contributed by atoms with Crippen LogP contribution in [0.5, 0.6) is 0 Å².